The average Bonchev–Trinajstić information content (AvgIpc) is 3.29. The predicted octanol–water partition coefficient (Wildman–Crippen LogP) is 1.98. The largest absolute Gasteiger partial charge is 0.295 e. The molecule has 0 spiro atoms. The molecule has 2 saturated heterocycles. The van der Waals surface area contributed by atoms with Crippen LogP contribution in [0.2, 0.25) is 0 Å². The van der Waals surface area contributed by atoms with Crippen molar-refractivity contribution in [2.45, 2.75) is 44.7 Å². The number of sulfonamides is 1. The van der Waals surface area contributed by atoms with Crippen molar-refractivity contribution in [3.8, 4) is 0 Å². The number of likely N-dealkylation sites (tertiary alicyclic amines) is 1. The van der Waals surface area contributed by atoms with Crippen LogP contribution in [0.15, 0.2) is 29.1 Å². The van der Waals surface area contributed by atoms with E-state index in [-0.39, 0.29) is 17.4 Å². The number of fused-ring (bicyclic) bond motifs is 1. The lowest BCUT2D eigenvalue weighted by Crippen LogP contribution is -2.38. The van der Waals surface area contributed by atoms with Crippen LogP contribution < -0.4 is 5.56 Å². The molecule has 29 heavy (non-hydrogen) atoms. The van der Waals surface area contributed by atoms with Gasteiger partial charge in [0.15, 0.2) is 0 Å². The minimum Gasteiger partial charge on any atom is -0.295 e. The Balaban J connectivity index is 1.46. The smallest absolute Gasteiger partial charge is 0.261 e. The van der Waals surface area contributed by atoms with Gasteiger partial charge in [0.1, 0.15) is 5.82 Å². The van der Waals surface area contributed by atoms with Gasteiger partial charge in [-0.25, -0.2) is 17.7 Å². The highest BCUT2D eigenvalue weighted by molar-refractivity contribution is 7.89. The predicted molar refractivity (Wildman–Crippen MR) is 112 cm³/mol. The Bertz CT molecular complexity index is 1080. The van der Waals surface area contributed by atoms with E-state index in [0.717, 1.165) is 43.7 Å². The van der Waals surface area contributed by atoms with Crippen molar-refractivity contribution < 1.29 is 8.42 Å². The first kappa shape index (κ1) is 19.2. The number of aromatic nitrogens is 2. The van der Waals surface area contributed by atoms with E-state index in [4.69, 9.17) is 4.98 Å². The van der Waals surface area contributed by atoms with Crippen molar-refractivity contribution in [1.82, 2.24) is 18.8 Å². The van der Waals surface area contributed by atoms with Gasteiger partial charge in [-0.3, -0.25) is 14.3 Å². The second-order valence-corrected chi connectivity index (χ2v) is 10.7. The van der Waals surface area contributed by atoms with E-state index in [2.05, 4.69) is 4.90 Å². The van der Waals surface area contributed by atoms with Crippen LogP contribution in [0.1, 0.15) is 44.0 Å². The van der Waals surface area contributed by atoms with Gasteiger partial charge in [0, 0.05) is 26.2 Å². The normalized spacial score (nSPS) is 25.2. The highest BCUT2D eigenvalue weighted by atomic mass is 32.2. The highest BCUT2D eigenvalue weighted by Gasteiger charge is 2.34. The lowest BCUT2D eigenvalue weighted by Gasteiger charge is -2.28. The molecule has 0 N–H and O–H groups in total. The molecular formula is C21H28N4O3S. The lowest BCUT2D eigenvalue weighted by molar-refractivity contribution is 0.224. The quantitative estimate of drug-likeness (QED) is 0.720. The summed E-state index contributed by atoms with van der Waals surface area (Å²) in [5.41, 5.74) is 0.819. The summed E-state index contributed by atoms with van der Waals surface area (Å²) in [6.07, 6.45) is 5.09. The second kappa shape index (κ2) is 7.49. The van der Waals surface area contributed by atoms with Crippen LogP contribution in [0.4, 0.5) is 0 Å². The Morgan fingerprint density at radius 2 is 1.86 bits per heavy atom. The van der Waals surface area contributed by atoms with E-state index in [9.17, 15) is 13.2 Å². The molecule has 0 amide bonds. The maximum Gasteiger partial charge on any atom is 0.261 e. The summed E-state index contributed by atoms with van der Waals surface area (Å²) in [4.78, 5) is 20.5. The zero-order valence-electron chi connectivity index (χ0n) is 16.7. The molecule has 1 aliphatic carbocycles. The van der Waals surface area contributed by atoms with E-state index < -0.39 is 10.0 Å². The standard InChI is InChI=1S/C21H28N4O3S/c26-21-17-5-1-2-6-18(17)22-20(25(21)15-16-8-9-16)19-7-3-10-23(19)12-13-24-11-4-14-29(24,27)28/h1-2,5-6,16,19H,3-4,7-15H2. The maximum absolute atomic E-state index is 13.2. The zero-order valence-corrected chi connectivity index (χ0v) is 17.5. The van der Waals surface area contributed by atoms with Crippen LogP contribution in [0.5, 0.6) is 0 Å². The van der Waals surface area contributed by atoms with E-state index in [1.807, 2.05) is 28.8 Å². The second-order valence-electron chi connectivity index (χ2n) is 8.61. The van der Waals surface area contributed by atoms with Crippen molar-refractivity contribution in [3.05, 3.63) is 40.4 Å². The molecule has 1 saturated carbocycles. The van der Waals surface area contributed by atoms with Crippen LogP contribution in [0.25, 0.3) is 10.9 Å². The topological polar surface area (TPSA) is 75.5 Å². The monoisotopic (exact) mass is 416 g/mol. The molecule has 1 atom stereocenters. The molecule has 1 aromatic heterocycles. The molecule has 7 nitrogen and oxygen atoms in total. The van der Waals surface area contributed by atoms with E-state index in [1.54, 1.807) is 4.31 Å². The first-order valence-corrected chi connectivity index (χ1v) is 12.4. The van der Waals surface area contributed by atoms with Gasteiger partial charge >= 0.3 is 0 Å². The van der Waals surface area contributed by atoms with Gasteiger partial charge in [0.25, 0.3) is 5.56 Å². The van der Waals surface area contributed by atoms with Gasteiger partial charge < -0.3 is 0 Å². The summed E-state index contributed by atoms with van der Waals surface area (Å²) in [6, 6.07) is 7.68. The molecule has 1 unspecified atom stereocenters. The number of hydrogen-bond donors (Lipinski definition) is 0. The highest BCUT2D eigenvalue weighted by Crippen LogP contribution is 2.34. The van der Waals surface area contributed by atoms with E-state index in [1.165, 1.54) is 12.8 Å². The third kappa shape index (κ3) is 3.73. The number of nitrogens with zero attached hydrogens (tertiary/aromatic N) is 4. The first-order chi connectivity index (χ1) is 14.0. The third-order valence-corrected chi connectivity index (χ3v) is 8.49. The minimum atomic E-state index is -3.08. The molecule has 5 rings (SSSR count). The van der Waals surface area contributed by atoms with Gasteiger partial charge in [-0.2, -0.15) is 0 Å². The Labute approximate surface area is 171 Å². The molecule has 2 aromatic rings. The Hall–Kier alpha value is -1.77. The molecule has 8 heteroatoms. The SMILES string of the molecule is O=c1c2ccccc2nc(C2CCCN2CCN2CCCS2(=O)=O)n1CC1CC1. The first-order valence-electron chi connectivity index (χ1n) is 10.7. The molecular weight excluding hydrogens is 388 g/mol. The molecule has 3 fully saturated rings. The molecule has 0 bridgehead atoms. The summed E-state index contributed by atoms with van der Waals surface area (Å²) >= 11 is 0. The van der Waals surface area contributed by atoms with Crippen molar-refractivity contribution in [1.29, 1.82) is 0 Å². The molecule has 3 aliphatic rings. The fourth-order valence-electron chi connectivity index (χ4n) is 4.74. The fourth-order valence-corrected chi connectivity index (χ4v) is 6.26. The van der Waals surface area contributed by atoms with E-state index >= 15 is 0 Å². The van der Waals surface area contributed by atoms with Crippen LogP contribution in [0, 0.1) is 5.92 Å². The van der Waals surface area contributed by atoms with Crippen molar-refractivity contribution in [2.75, 3.05) is 31.9 Å². The lowest BCUT2D eigenvalue weighted by atomic mass is 10.1. The van der Waals surface area contributed by atoms with Gasteiger partial charge in [0.2, 0.25) is 10.0 Å². The number of para-hydroxylation sites is 1. The minimum absolute atomic E-state index is 0.0615. The van der Waals surface area contributed by atoms with Crippen LogP contribution in [0.3, 0.4) is 0 Å². The Kier molecular flexibility index (Phi) is 4.96. The molecule has 2 aliphatic heterocycles. The van der Waals surface area contributed by atoms with Crippen molar-refractivity contribution in [3.63, 3.8) is 0 Å². The number of hydrogen-bond acceptors (Lipinski definition) is 5. The van der Waals surface area contributed by atoms with Crippen LogP contribution >= 0.6 is 0 Å². The summed E-state index contributed by atoms with van der Waals surface area (Å²) in [7, 11) is -3.08. The van der Waals surface area contributed by atoms with Gasteiger partial charge in [-0.05, 0) is 56.7 Å². The van der Waals surface area contributed by atoms with Gasteiger partial charge in [-0.1, -0.05) is 12.1 Å². The average molecular weight is 417 g/mol. The third-order valence-electron chi connectivity index (χ3n) is 6.53. The summed E-state index contributed by atoms with van der Waals surface area (Å²) in [6.45, 7) is 3.51. The maximum atomic E-state index is 13.2. The van der Waals surface area contributed by atoms with Crippen LogP contribution in [-0.2, 0) is 16.6 Å². The van der Waals surface area contributed by atoms with Gasteiger partial charge in [0.05, 0.1) is 22.7 Å². The Morgan fingerprint density at radius 3 is 2.62 bits per heavy atom. The molecule has 156 valence electrons. The van der Waals surface area contributed by atoms with Crippen molar-refractivity contribution in [2.24, 2.45) is 5.92 Å². The summed E-state index contributed by atoms with van der Waals surface area (Å²) < 4.78 is 27.8. The van der Waals surface area contributed by atoms with E-state index in [0.29, 0.717) is 30.9 Å². The van der Waals surface area contributed by atoms with Crippen molar-refractivity contribution >= 4 is 20.9 Å². The summed E-state index contributed by atoms with van der Waals surface area (Å²) in [5.74, 6) is 1.71. The number of rotatable bonds is 6. The molecule has 3 heterocycles. The fraction of sp³-hybridized carbons (Fsp3) is 0.619. The Morgan fingerprint density at radius 1 is 1.03 bits per heavy atom. The number of benzene rings is 1. The zero-order chi connectivity index (χ0) is 20.0. The van der Waals surface area contributed by atoms with Gasteiger partial charge in [-0.15, -0.1) is 0 Å². The summed E-state index contributed by atoms with van der Waals surface area (Å²) in [5, 5.41) is 0.685. The van der Waals surface area contributed by atoms with Crippen LogP contribution in [-0.4, -0.2) is 59.1 Å². The molecule has 0 radical (unpaired) electrons. The molecule has 1 aromatic carbocycles.